The van der Waals surface area contributed by atoms with Crippen molar-refractivity contribution in [1.29, 1.82) is 0 Å². The average Bonchev–Trinajstić information content (AvgIpc) is 3.16. The Bertz CT molecular complexity index is 556. The summed E-state index contributed by atoms with van der Waals surface area (Å²) in [4.78, 5) is 7.17. The van der Waals surface area contributed by atoms with Crippen molar-refractivity contribution in [1.82, 2.24) is 10.2 Å². The summed E-state index contributed by atoms with van der Waals surface area (Å²) in [5.41, 5.74) is 2.89. The molecule has 1 atom stereocenters. The highest BCUT2D eigenvalue weighted by Crippen LogP contribution is 2.18. The van der Waals surface area contributed by atoms with Crippen molar-refractivity contribution in [3.05, 3.63) is 35.4 Å². The molecule has 2 aliphatic heterocycles. The zero-order valence-electron chi connectivity index (χ0n) is 15.4. The van der Waals surface area contributed by atoms with Crippen LogP contribution in [-0.2, 0) is 22.4 Å². The summed E-state index contributed by atoms with van der Waals surface area (Å²) >= 11 is 0. The van der Waals surface area contributed by atoms with Crippen LogP contribution in [0.1, 0.15) is 30.9 Å². The summed E-state index contributed by atoms with van der Waals surface area (Å²) in [7, 11) is 0. The molecule has 138 valence electrons. The zero-order chi connectivity index (χ0) is 17.3. The normalized spacial score (nSPS) is 20.6. The summed E-state index contributed by atoms with van der Waals surface area (Å²) in [5.74, 6) is 1.62. The van der Waals surface area contributed by atoms with Gasteiger partial charge in [-0.05, 0) is 37.3 Å². The van der Waals surface area contributed by atoms with Crippen molar-refractivity contribution in [2.24, 2.45) is 10.9 Å². The molecule has 2 aliphatic rings. The molecule has 1 fully saturated rings. The van der Waals surface area contributed by atoms with E-state index in [1.807, 2.05) is 0 Å². The Morgan fingerprint density at radius 1 is 1.36 bits per heavy atom. The van der Waals surface area contributed by atoms with Gasteiger partial charge in [0.2, 0.25) is 0 Å². The van der Waals surface area contributed by atoms with E-state index in [1.165, 1.54) is 11.1 Å². The number of aliphatic imine (C=N–C) groups is 1. The summed E-state index contributed by atoms with van der Waals surface area (Å²) in [6.07, 6.45) is 3.19. The average molecular weight is 345 g/mol. The highest BCUT2D eigenvalue weighted by atomic mass is 16.5. The third-order valence-corrected chi connectivity index (χ3v) is 4.85. The molecule has 0 amide bonds. The van der Waals surface area contributed by atoms with Crippen LogP contribution in [0.5, 0.6) is 0 Å². The van der Waals surface area contributed by atoms with Crippen LogP contribution in [0.4, 0.5) is 0 Å². The smallest absolute Gasteiger partial charge is 0.194 e. The van der Waals surface area contributed by atoms with Crippen LogP contribution >= 0.6 is 0 Å². The number of hydrogen-bond donors (Lipinski definition) is 1. The molecule has 25 heavy (non-hydrogen) atoms. The highest BCUT2D eigenvalue weighted by molar-refractivity contribution is 5.80. The summed E-state index contributed by atoms with van der Waals surface area (Å²) in [6.45, 7) is 9.16. The monoisotopic (exact) mass is 345 g/mol. The minimum Gasteiger partial charge on any atom is -0.381 e. The van der Waals surface area contributed by atoms with Crippen LogP contribution in [0.2, 0.25) is 0 Å². The Balaban J connectivity index is 1.43. The zero-order valence-corrected chi connectivity index (χ0v) is 15.4. The van der Waals surface area contributed by atoms with E-state index in [2.05, 4.69) is 41.4 Å². The Labute approximate surface area is 151 Å². The van der Waals surface area contributed by atoms with E-state index in [9.17, 15) is 0 Å². The van der Waals surface area contributed by atoms with E-state index in [4.69, 9.17) is 14.5 Å². The second kappa shape index (κ2) is 9.78. The first-order valence-corrected chi connectivity index (χ1v) is 9.62. The van der Waals surface area contributed by atoms with Gasteiger partial charge in [0.25, 0.3) is 0 Å². The Kier molecular flexibility index (Phi) is 7.12. The lowest BCUT2D eigenvalue weighted by atomic mass is 10.0. The Morgan fingerprint density at radius 3 is 3.04 bits per heavy atom. The molecule has 1 aromatic rings. The molecular formula is C20H31N3O2. The number of nitrogens with zero attached hydrogens (tertiary/aromatic N) is 2. The van der Waals surface area contributed by atoms with Gasteiger partial charge in [-0.15, -0.1) is 0 Å². The predicted molar refractivity (Wildman–Crippen MR) is 101 cm³/mol. The molecule has 1 saturated heterocycles. The van der Waals surface area contributed by atoms with E-state index < -0.39 is 0 Å². The van der Waals surface area contributed by atoms with Crippen molar-refractivity contribution >= 4 is 5.96 Å². The van der Waals surface area contributed by atoms with Crippen molar-refractivity contribution in [3.8, 4) is 0 Å². The van der Waals surface area contributed by atoms with Crippen LogP contribution < -0.4 is 5.32 Å². The van der Waals surface area contributed by atoms with Crippen LogP contribution in [0, 0.1) is 5.92 Å². The first kappa shape index (κ1) is 18.2. The van der Waals surface area contributed by atoms with Crippen LogP contribution in [0.3, 0.4) is 0 Å². The van der Waals surface area contributed by atoms with Gasteiger partial charge in [0.15, 0.2) is 5.96 Å². The standard InChI is InChI=1S/C20H31N3O2/c1-2-21-20(22-10-5-12-24-15-17-9-13-25-16-17)23-11-8-18-6-3-4-7-19(18)14-23/h3-4,6-7,17H,2,5,8-16H2,1H3,(H,21,22). The molecule has 1 aromatic carbocycles. The second-order valence-corrected chi connectivity index (χ2v) is 6.83. The van der Waals surface area contributed by atoms with Gasteiger partial charge < -0.3 is 19.7 Å². The molecule has 0 radical (unpaired) electrons. The Morgan fingerprint density at radius 2 is 2.24 bits per heavy atom. The fourth-order valence-corrected chi connectivity index (χ4v) is 3.42. The molecule has 0 bridgehead atoms. The fourth-order valence-electron chi connectivity index (χ4n) is 3.42. The predicted octanol–water partition coefficient (Wildman–Crippen LogP) is 2.45. The molecule has 0 aromatic heterocycles. The van der Waals surface area contributed by atoms with Crippen molar-refractivity contribution in [2.75, 3.05) is 46.1 Å². The molecule has 3 rings (SSSR count). The van der Waals surface area contributed by atoms with Gasteiger partial charge in [-0.2, -0.15) is 0 Å². The number of ether oxygens (including phenoxy) is 2. The summed E-state index contributed by atoms with van der Waals surface area (Å²) < 4.78 is 11.1. The SMILES string of the molecule is CCNC(=NCCCOCC1CCOC1)N1CCc2ccccc2C1. The lowest BCUT2D eigenvalue weighted by Crippen LogP contribution is -2.44. The molecule has 0 saturated carbocycles. The maximum Gasteiger partial charge on any atom is 0.194 e. The maximum absolute atomic E-state index is 5.77. The van der Waals surface area contributed by atoms with Gasteiger partial charge in [-0.25, -0.2) is 0 Å². The molecule has 5 nitrogen and oxygen atoms in total. The van der Waals surface area contributed by atoms with E-state index in [0.29, 0.717) is 5.92 Å². The molecule has 1 unspecified atom stereocenters. The van der Waals surface area contributed by atoms with E-state index in [1.54, 1.807) is 0 Å². The minimum atomic E-state index is 0.592. The molecule has 5 heteroatoms. The topological polar surface area (TPSA) is 46.1 Å². The molecule has 2 heterocycles. The third kappa shape index (κ3) is 5.44. The number of benzene rings is 1. The van der Waals surface area contributed by atoms with Gasteiger partial charge in [0.05, 0.1) is 13.2 Å². The van der Waals surface area contributed by atoms with Crippen LogP contribution in [0.25, 0.3) is 0 Å². The molecule has 0 aliphatic carbocycles. The summed E-state index contributed by atoms with van der Waals surface area (Å²) in [5, 5.41) is 3.44. The number of hydrogen-bond acceptors (Lipinski definition) is 3. The maximum atomic E-state index is 5.77. The molecule has 0 spiro atoms. The number of rotatable bonds is 7. The van der Waals surface area contributed by atoms with Gasteiger partial charge in [-0.3, -0.25) is 4.99 Å². The summed E-state index contributed by atoms with van der Waals surface area (Å²) in [6, 6.07) is 8.72. The number of nitrogens with one attached hydrogen (secondary N) is 1. The van der Waals surface area contributed by atoms with Gasteiger partial charge in [0.1, 0.15) is 0 Å². The van der Waals surface area contributed by atoms with Crippen molar-refractivity contribution in [3.63, 3.8) is 0 Å². The van der Waals surface area contributed by atoms with Crippen molar-refractivity contribution < 1.29 is 9.47 Å². The van der Waals surface area contributed by atoms with Crippen molar-refractivity contribution in [2.45, 2.75) is 32.7 Å². The Hall–Kier alpha value is -1.59. The quantitative estimate of drug-likeness (QED) is 0.468. The van der Waals surface area contributed by atoms with E-state index >= 15 is 0 Å². The van der Waals surface area contributed by atoms with Crippen LogP contribution in [-0.4, -0.2) is 56.9 Å². The lowest BCUT2D eigenvalue weighted by Gasteiger charge is -2.31. The van der Waals surface area contributed by atoms with E-state index in [-0.39, 0.29) is 0 Å². The highest BCUT2D eigenvalue weighted by Gasteiger charge is 2.18. The van der Waals surface area contributed by atoms with Gasteiger partial charge in [0, 0.05) is 45.3 Å². The largest absolute Gasteiger partial charge is 0.381 e. The number of fused-ring (bicyclic) bond motifs is 1. The van der Waals surface area contributed by atoms with E-state index in [0.717, 1.165) is 77.8 Å². The van der Waals surface area contributed by atoms with Crippen LogP contribution in [0.15, 0.2) is 29.3 Å². The van der Waals surface area contributed by atoms with Gasteiger partial charge in [-0.1, -0.05) is 24.3 Å². The lowest BCUT2D eigenvalue weighted by molar-refractivity contribution is 0.0893. The third-order valence-electron chi connectivity index (χ3n) is 4.85. The number of guanidine groups is 1. The second-order valence-electron chi connectivity index (χ2n) is 6.83. The first-order valence-electron chi connectivity index (χ1n) is 9.62. The molecule has 1 N–H and O–H groups in total. The van der Waals surface area contributed by atoms with Gasteiger partial charge >= 0.3 is 0 Å². The minimum absolute atomic E-state index is 0.592. The molecular weight excluding hydrogens is 314 g/mol. The first-order chi connectivity index (χ1) is 12.4. The fraction of sp³-hybridized carbons (Fsp3) is 0.650.